The smallest absolute Gasteiger partial charge is 0.0707 e. The van der Waals surface area contributed by atoms with Gasteiger partial charge in [0.25, 0.3) is 0 Å². The molecule has 0 unspecified atom stereocenters. The first-order valence-corrected chi connectivity index (χ1v) is 3.68. The Morgan fingerprint density at radius 2 is 2.33 bits per heavy atom. The largest absolute Gasteiger partial charge is 0.391 e. The minimum absolute atomic E-state index is 0.106. The second kappa shape index (κ2) is 2.67. The Labute approximate surface area is 56.3 Å². The summed E-state index contributed by atoms with van der Waals surface area (Å²) >= 11 is 0. The van der Waals surface area contributed by atoms with Gasteiger partial charge in [0.05, 0.1) is 6.10 Å². The van der Waals surface area contributed by atoms with Gasteiger partial charge in [0.15, 0.2) is 0 Å². The lowest BCUT2D eigenvalue weighted by Crippen LogP contribution is -2.31. The highest BCUT2D eigenvalue weighted by Gasteiger charge is 2.27. The van der Waals surface area contributed by atoms with Crippen LogP contribution in [0.25, 0.3) is 0 Å². The zero-order valence-electron chi connectivity index (χ0n) is 6.09. The fraction of sp³-hybridized carbons (Fsp3) is 1.00. The molecule has 1 saturated heterocycles. The van der Waals surface area contributed by atoms with Crippen molar-refractivity contribution in [1.29, 1.82) is 0 Å². The highest BCUT2D eigenvalue weighted by atomic mass is 16.3. The number of hydrogen-bond acceptors (Lipinski definition) is 2. The van der Waals surface area contributed by atoms with E-state index in [1.807, 2.05) is 0 Å². The topological polar surface area (TPSA) is 32.3 Å². The van der Waals surface area contributed by atoms with E-state index in [4.69, 9.17) is 0 Å². The van der Waals surface area contributed by atoms with E-state index in [1.165, 1.54) is 0 Å². The molecule has 0 aliphatic carbocycles. The van der Waals surface area contributed by atoms with Crippen LogP contribution >= 0.6 is 0 Å². The lowest BCUT2D eigenvalue weighted by atomic mass is 10.1. The summed E-state index contributed by atoms with van der Waals surface area (Å²) < 4.78 is 0. The first-order chi connectivity index (χ1) is 4.24. The summed E-state index contributed by atoms with van der Waals surface area (Å²) in [6, 6.07) is 0.852. The fourth-order valence-corrected chi connectivity index (χ4v) is 1.46. The minimum atomic E-state index is -0.106. The molecule has 9 heavy (non-hydrogen) atoms. The molecule has 1 aliphatic heterocycles. The van der Waals surface area contributed by atoms with E-state index in [2.05, 4.69) is 19.2 Å². The van der Waals surface area contributed by atoms with Gasteiger partial charge in [0.2, 0.25) is 0 Å². The maximum atomic E-state index is 9.30. The summed E-state index contributed by atoms with van der Waals surface area (Å²) in [5.41, 5.74) is 0. The van der Waals surface area contributed by atoms with Crippen LogP contribution < -0.4 is 5.32 Å². The van der Waals surface area contributed by atoms with Crippen LogP contribution in [0, 0.1) is 0 Å². The van der Waals surface area contributed by atoms with Crippen LogP contribution in [-0.2, 0) is 0 Å². The third-order valence-corrected chi connectivity index (χ3v) is 2.00. The minimum Gasteiger partial charge on any atom is -0.391 e. The molecule has 0 bridgehead atoms. The van der Waals surface area contributed by atoms with Gasteiger partial charge in [-0.1, -0.05) is 6.92 Å². The zero-order chi connectivity index (χ0) is 6.85. The van der Waals surface area contributed by atoms with Gasteiger partial charge in [-0.15, -0.1) is 0 Å². The Bertz CT molecular complexity index is 94.9. The molecule has 54 valence electrons. The van der Waals surface area contributed by atoms with Crippen LogP contribution in [-0.4, -0.2) is 23.3 Å². The van der Waals surface area contributed by atoms with Gasteiger partial charge in [-0.2, -0.15) is 0 Å². The van der Waals surface area contributed by atoms with E-state index >= 15 is 0 Å². The molecular formula is C7H15NO. The molecule has 0 radical (unpaired) electrons. The second-order valence-corrected chi connectivity index (χ2v) is 2.89. The van der Waals surface area contributed by atoms with Crippen molar-refractivity contribution in [2.75, 3.05) is 0 Å². The van der Waals surface area contributed by atoms with Crippen LogP contribution in [0.3, 0.4) is 0 Å². The van der Waals surface area contributed by atoms with Crippen molar-refractivity contribution in [2.45, 2.75) is 44.9 Å². The normalized spacial score (nSPS) is 43.7. The van der Waals surface area contributed by atoms with E-state index in [1.54, 1.807) is 0 Å². The molecule has 0 aromatic carbocycles. The first-order valence-electron chi connectivity index (χ1n) is 3.68. The SMILES string of the molecule is CC[C@H]1N[C@@H](C)C[C@H]1O. The number of aliphatic hydroxyl groups excluding tert-OH is 1. The van der Waals surface area contributed by atoms with Crippen LogP contribution in [0.2, 0.25) is 0 Å². The van der Waals surface area contributed by atoms with Crippen molar-refractivity contribution in [1.82, 2.24) is 5.32 Å². The first kappa shape index (κ1) is 7.03. The lowest BCUT2D eigenvalue weighted by molar-refractivity contribution is 0.157. The molecular weight excluding hydrogens is 114 g/mol. The molecule has 1 heterocycles. The predicted molar refractivity (Wildman–Crippen MR) is 37.3 cm³/mol. The van der Waals surface area contributed by atoms with Crippen LogP contribution in [0.4, 0.5) is 0 Å². The molecule has 1 rings (SSSR count). The molecule has 1 fully saturated rings. The molecule has 0 spiro atoms. The van der Waals surface area contributed by atoms with E-state index in [0.29, 0.717) is 12.1 Å². The monoisotopic (exact) mass is 129 g/mol. The molecule has 0 aromatic rings. The van der Waals surface area contributed by atoms with Crippen LogP contribution in [0.5, 0.6) is 0 Å². The third-order valence-electron chi connectivity index (χ3n) is 2.00. The highest BCUT2D eigenvalue weighted by molar-refractivity contribution is 4.87. The van der Waals surface area contributed by atoms with Gasteiger partial charge in [-0.3, -0.25) is 0 Å². The summed E-state index contributed by atoms with van der Waals surface area (Å²) in [5, 5.41) is 12.6. The van der Waals surface area contributed by atoms with Gasteiger partial charge in [-0.05, 0) is 19.8 Å². The number of hydrogen-bond donors (Lipinski definition) is 2. The molecule has 2 heteroatoms. The van der Waals surface area contributed by atoms with Crippen molar-refractivity contribution in [2.24, 2.45) is 0 Å². The molecule has 2 N–H and O–H groups in total. The van der Waals surface area contributed by atoms with Gasteiger partial charge >= 0.3 is 0 Å². The molecule has 3 atom stereocenters. The molecule has 0 aromatic heterocycles. The summed E-state index contributed by atoms with van der Waals surface area (Å²) in [6.07, 6.45) is 1.84. The van der Waals surface area contributed by atoms with E-state index in [0.717, 1.165) is 12.8 Å². The predicted octanol–water partition coefficient (Wildman–Crippen LogP) is 0.508. The van der Waals surface area contributed by atoms with Crippen molar-refractivity contribution in [3.63, 3.8) is 0 Å². The Hall–Kier alpha value is -0.0800. The average Bonchev–Trinajstić information content (AvgIpc) is 2.10. The number of rotatable bonds is 1. The van der Waals surface area contributed by atoms with Crippen molar-refractivity contribution < 1.29 is 5.11 Å². The third kappa shape index (κ3) is 1.43. The van der Waals surface area contributed by atoms with Crippen molar-refractivity contribution in [3.8, 4) is 0 Å². The zero-order valence-corrected chi connectivity index (χ0v) is 6.09. The fourth-order valence-electron chi connectivity index (χ4n) is 1.46. The van der Waals surface area contributed by atoms with Gasteiger partial charge in [-0.25, -0.2) is 0 Å². The number of nitrogens with one attached hydrogen (secondary N) is 1. The van der Waals surface area contributed by atoms with Crippen LogP contribution in [0.1, 0.15) is 26.7 Å². The van der Waals surface area contributed by atoms with Gasteiger partial charge < -0.3 is 10.4 Å². The maximum Gasteiger partial charge on any atom is 0.0707 e. The summed E-state index contributed by atoms with van der Waals surface area (Å²) in [5.74, 6) is 0. The molecule has 0 amide bonds. The maximum absolute atomic E-state index is 9.30. The van der Waals surface area contributed by atoms with E-state index in [9.17, 15) is 5.11 Å². The average molecular weight is 129 g/mol. The Morgan fingerprint density at radius 3 is 2.56 bits per heavy atom. The Morgan fingerprint density at radius 1 is 1.67 bits per heavy atom. The quantitative estimate of drug-likeness (QED) is 0.540. The summed E-state index contributed by atoms with van der Waals surface area (Å²) in [6.45, 7) is 4.21. The molecule has 2 nitrogen and oxygen atoms in total. The lowest BCUT2D eigenvalue weighted by Gasteiger charge is -2.10. The second-order valence-electron chi connectivity index (χ2n) is 2.89. The van der Waals surface area contributed by atoms with Crippen molar-refractivity contribution in [3.05, 3.63) is 0 Å². The standard InChI is InChI=1S/C7H15NO/c1-3-6-7(9)4-5(2)8-6/h5-9H,3-4H2,1-2H3/t5-,6+,7+/m0/s1. The summed E-state index contributed by atoms with van der Waals surface area (Å²) in [4.78, 5) is 0. The summed E-state index contributed by atoms with van der Waals surface area (Å²) in [7, 11) is 0. The van der Waals surface area contributed by atoms with Crippen molar-refractivity contribution >= 4 is 0 Å². The molecule has 1 aliphatic rings. The Kier molecular flexibility index (Phi) is 2.09. The van der Waals surface area contributed by atoms with Crippen LogP contribution in [0.15, 0.2) is 0 Å². The van der Waals surface area contributed by atoms with E-state index in [-0.39, 0.29) is 6.10 Å². The molecule has 0 saturated carbocycles. The van der Waals surface area contributed by atoms with Gasteiger partial charge in [0, 0.05) is 12.1 Å². The Balaban J connectivity index is 2.38. The van der Waals surface area contributed by atoms with Gasteiger partial charge in [0.1, 0.15) is 0 Å². The highest BCUT2D eigenvalue weighted by Crippen LogP contribution is 2.14. The number of aliphatic hydroxyl groups is 1. The van der Waals surface area contributed by atoms with E-state index < -0.39 is 0 Å².